The summed E-state index contributed by atoms with van der Waals surface area (Å²) in [5.41, 5.74) is 15.8. The summed E-state index contributed by atoms with van der Waals surface area (Å²) in [6.07, 6.45) is 0. The zero-order chi connectivity index (χ0) is 40.0. The predicted octanol–water partition coefficient (Wildman–Crippen LogP) is 13.7. The van der Waals surface area contributed by atoms with Crippen molar-refractivity contribution in [2.24, 2.45) is 0 Å². The van der Waals surface area contributed by atoms with E-state index in [2.05, 4.69) is 234 Å². The summed E-state index contributed by atoms with van der Waals surface area (Å²) >= 11 is 0. The average molecular weight is 773 g/mol. The second-order valence-electron chi connectivity index (χ2n) is 16.6. The van der Waals surface area contributed by atoms with Crippen LogP contribution < -0.4 is 26.2 Å². The lowest BCUT2D eigenvalue weighted by Gasteiger charge is -2.44. The Morgan fingerprint density at radius 3 is 1.08 bits per heavy atom. The predicted molar refractivity (Wildman–Crippen MR) is 261 cm³/mol. The molecule has 0 aromatic heterocycles. The number of hydrogen-bond donors (Lipinski definition) is 0. The van der Waals surface area contributed by atoms with Gasteiger partial charge in [-0.05, 0) is 161 Å². The lowest BCUT2D eigenvalue weighted by atomic mass is 9.33. The van der Waals surface area contributed by atoms with Crippen LogP contribution in [0.2, 0.25) is 0 Å². The first-order valence-corrected chi connectivity index (χ1v) is 21.2. The molecule has 11 aromatic rings. The molecule has 0 saturated heterocycles. The van der Waals surface area contributed by atoms with Crippen LogP contribution in [0.3, 0.4) is 0 Å². The third-order valence-electron chi connectivity index (χ3n) is 13.0. The van der Waals surface area contributed by atoms with Crippen LogP contribution in [0.1, 0.15) is 0 Å². The van der Waals surface area contributed by atoms with E-state index in [1.165, 1.54) is 104 Å². The Hall–Kier alpha value is -7.88. The SMILES string of the molecule is c1ccc(-c2cccc(-c3cc4c5c(c3)N(c3ccccc3)c3cc6cc7ccccc7cc6cc3B5c3cc5cc6ccccc6cc5cc3N4c3ccccc3)c2)cc1. The summed E-state index contributed by atoms with van der Waals surface area (Å²) in [5.74, 6) is 0. The first-order valence-electron chi connectivity index (χ1n) is 21.2. The molecule has 11 aromatic carbocycles. The van der Waals surface area contributed by atoms with Crippen LogP contribution in [-0.4, -0.2) is 6.71 Å². The van der Waals surface area contributed by atoms with Crippen LogP contribution >= 0.6 is 0 Å². The Labute approximate surface area is 355 Å². The number of fused-ring (bicyclic) bond motifs is 8. The molecule has 2 nitrogen and oxygen atoms in total. The zero-order valence-electron chi connectivity index (χ0n) is 33.3. The number of anilines is 6. The maximum atomic E-state index is 2.53. The molecule has 282 valence electrons. The molecule has 2 aliphatic heterocycles. The van der Waals surface area contributed by atoms with Gasteiger partial charge in [-0.15, -0.1) is 0 Å². The first-order chi connectivity index (χ1) is 30.2. The molecule has 0 fully saturated rings. The van der Waals surface area contributed by atoms with Gasteiger partial charge in [0.1, 0.15) is 0 Å². The third-order valence-corrected chi connectivity index (χ3v) is 13.0. The van der Waals surface area contributed by atoms with Crippen LogP contribution in [0.4, 0.5) is 34.1 Å². The zero-order valence-corrected chi connectivity index (χ0v) is 33.3. The Balaban J connectivity index is 1.17. The van der Waals surface area contributed by atoms with Gasteiger partial charge in [-0.3, -0.25) is 0 Å². The minimum atomic E-state index is -0.0219. The summed E-state index contributed by atoms with van der Waals surface area (Å²) in [7, 11) is 0. The molecule has 0 bridgehead atoms. The van der Waals surface area contributed by atoms with Gasteiger partial charge in [0.25, 0.3) is 6.71 Å². The third kappa shape index (κ3) is 5.37. The fourth-order valence-corrected chi connectivity index (χ4v) is 10.3. The molecule has 0 aliphatic carbocycles. The van der Waals surface area contributed by atoms with Gasteiger partial charge in [0.05, 0.1) is 0 Å². The first kappa shape index (κ1) is 34.0. The number of para-hydroxylation sites is 2. The molecule has 13 rings (SSSR count). The van der Waals surface area contributed by atoms with Crippen molar-refractivity contribution in [1.29, 1.82) is 0 Å². The molecule has 0 radical (unpaired) electrons. The van der Waals surface area contributed by atoms with Gasteiger partial charge in [-0.1, -0.05) is 146 Å². The molecule has 2 heterocycles. The summed E-state index contributed by atoms with van der Waals surface area (Å²) in [4.78, 5) is 5.07. The number of rotatable bonds is 4. The molecule has 2 aliphatic rings. The Morgan fingerprint density at radius 1 is 0.246 bits per heavy atom. The monoisotopic (exact) mass is 772 g/mol. The van der Waals surface area contributed by atoms with Gasteiger partial charge < -0.3 is 9.80 Å². The quantitative estimate of drug-likeness (QED) is 0.130. The van der Waals surface area contributed by atoms with E-state index in [1.54, 1.807) is 0 Å². The van der Waals surface area contributed by atoms with Crippen molar-refractivity contribution in [3.8, 4) is 22.3 Å². The summed E-state index contributed by atoms with van der Waals surface area (Å²) < 4.78 is 0. The van der Waals surface area contributed by atoms with Gasteiger partial charge in [-0.2, -0.15) is 0 Å². The summed E-state index contributed by atoms with van der Waals surface area (Å²) in [6, 6.07) is 83.5. The smallest absolute Gasteiger partial charge is 0.252 e. The lowest BCUT2D eigenvalue weighted by Crippen LogP contribution is -2.61. The fraction of sp³-hybridized carbons (Fsp3) is 0. The molecule has 61 heavy (non-hydrogen) atoms. The number of nitrogens with zero attached hydrogens (tertiary/aromatic N) is 2. The molecule has 0 atom stereocenters. The Morgan fingerprint density at radius 2 is 0.623 bits per heavy atom. The van der Waals surface area contributed by atoms with Gasteiger partial charge >= 0.3 is 0 Å². The second kappa shape index (κ2) is 13.3. The molecular weight excluding hydrogens is 735 g/mol. The van der Waals surface area contributed by atoms with Crippen molar-refractivity contribution in [1.82, 2.24) is 0 Å². The van der Waals surface area contributed by atoms with Gasteiger partial charge in [-0.25, -0.2) is 0 Å². The van der Waals surface area contributed by atoms with Crippen molar-refractivity contribution in [3.05, 3.63) is 224 Å². The Bertz CT molecular complexity index is 3350. The van der Waals surface area contributed by atoms with E-state index in [1.807, 2.05) is 0 Å². The van der Waals surface area contributed by atoms with Gasteiger partial charge in [0.15, 0.2) is 0 Å². The van der Waals surface area contributed by atoms with E-state index in [0.29, 0.717) is 0 Å². The van der Waals surface area contributed by atoms with Crippen molar-refractivity contribution < 1.29 is 0 Å². The van der Waals surface area contributed by atoms with Crippen molar-refractivity contribution >= 4 is 100 Å². The van der Waals surface area contributed by atoms with Gasteiger partial charge in [0.2, 0.25) is 0 Å². The minimum absolute atomic E-state index is 0.0219. The van der Waals surface area contributed by atoms with E-state index in [4.69, 9.17) is 0 Å². The molecule has 3 heteroatoms. The number of benzene rings is 11. The maximum Gasteiger partial charge on any atom is 0.252 e. The topological polar surface area (TPSA) is 6.48 Å². The second-order valence-corrected chi connectivity index (χ2v) is 16.6. The van der Waals surface area contributed by atoms with Crippen molar-refractivity contribution in [2.45, 2.75) is 0 Å². The Kier molecular flexibility index (Phi) is 7.43. The molecular formula is C58H37BN2. The minimum Gasteiger partial charge on any atom is -0.311 e. The normalized spacial score (nSPS) is 12.8. The molecule has 0 N–H and O–H groups in total. The van der Waals surface area contributed by atoms with Crippen LogP contribution in [0, 0.1) is 0 Å². The maximum absolute atomic E-state index is 2.53. The lowest BCUT2D eigenvalue weighted by molar-refractivity contribution is 1.26. The van der Waals surface area contributed by atoms with Crippen LogP contribution in [0.15, 0.2) is 224 Å². The van der Waals surface area contributed by atoms with E-state index in [-0.39, 0.29) is 6.71 Å². The van der Waals surface area contributed by atoms with E-state index in [9.17, 15) is 0 Å². The molecule has 0 saturated carbocycles. The molecule has 0 unspecified atom stereocenters. The van der Waals surface area contributed by atoms with E-state index < -0.39 is 0 Å². The summed E-state index contributed by atoms with van der Waals surface area (Å²) in [5, 5.41) is 9.99. The van der Waals surface area contributed by atoms with Crippen molar-refractivity contribution in [3.63, 3.8) is 0 Å². The van der Waals surface area contributed by atoms with E-state index >= 15 is 0 Å². The fourth-order valence-electron chi connectivity index (χ4n) is 10.3. The molecule has 0 amide bonds. The van der Waals surface area contributed by atoms with Crippen LogP contribution in [0.25, 0.3) is 65.3 Å². The molecule has 0 spiro atoms. The van der Waals surface area contributed by atoms with E-state index in [0.717, 1.165) is 11.4 Å². The standard InChI is InChI=1S/C58H37BN2/c1-4-15-38(16-5-1)39-21-14-22-44(27-39)49-36-56-58-57(37-49)61(51-25-8-3-9-26-51)55-35-48-31-43-20-13-11-18-41(43)29-46(48)33-53(55)59(58)52-32-45-28-40-17-10-12-19-42(40)30-47(45)34-54(52)60(56)50-23-6-2-7-24-50/h1-37H. The van der Waals surface area contributed by atoms with Crippen molar-refractivity contribution in [2.75, 3.05) is 9.80 Å². The summed E-state index contributed by atoms with van der Waals surface area (Å²) in [6.45, 7) is -0.0219. The highest BCUT2D eigenvalue weighted by molar-refractivity contribution is 7.00. The average Bonchev–Trinajstić information content (AvgIpc) is 3.32. The van der Waals surface area contributed by atoms with Crippen LogP contribution in [-0.2, 0) is 0 Å². The largest absolute Gasteiger partial charge is 0.311 e. The van der Waals surface area contributed by atoms with Gasteiger partial charge in [0, 0.05) is 34.1 Å². The highest BCUT2D eigenvalue weighted by Gasteiger charge is 2.44. The van der Waals surface area contributed by atoms with Crippen LogP contribution in [0.5, 0.6) is 0 Å². The highest BCUT2D eigenvalue weighted by Crippen LogP contribution is 2.47. The number of hydrogen-bond acceptors (Lipinski definition) is 2. The highest BCUT2D eigenvalue weighted by atomic mass is 15.2.